The second-order valence-corrected chi connectivity index (χ2v) is 4.20. The molecule has 94 valence electrons. The van der Waals surface area contributed by atoms with Crippen molar-refractivity contribution in [1.29, 1.82) is 0 Å². The molecule has 19 heavy (non-hydrogen) atoms. The molecule has 0 fully saturated rings. The van der Waals surface area contributed by atoms with Gasteiger partial charge in [0.05, 0.1) is 11.0 Å². The summed E-state index contributed by atoms with van der Waals surface area (Å²) in [5, 5.41) is 0. The minimum Gasteiger partial charge on any atom is -0.307 e. The van der Waals surface area contributed by atoms with Gasteiger partial charge >= 0.3 is 0 Å². The molecule has 0 spiro atoms. The van der Waals surface area contributed by atoms with E-state index in [-0.39, 0.29) is 5.56 Å². The van der Waals surface area contributed by atoms with E-state index < -0.39 is 0 Å². The summed E-state index contributed by atoms with van der Waals surface area (Å²) in [5.74, 6) is 0.567. The first kappa shape index (κ1) is 11.5. The molecule has 1 N–H and O–H groups in total. The van der Waals surface area contributed by atoms with Crippen LogP contribution in [0.1, 0.15) is 12.6 Å². The number of rotatable bonds is 2. The molecule has 0 aliphatic carbocycles. The van der Waals surface area contributed by atoms with Gasteiger partial charge in [0.15, 0.2) is 0 Å². The van der Waals surface area contributed by atoms with Gasteiger partial charge in [-0.1, -0.05) is 6.92 Å². The fourth-order valence-corrected chi connectivity index (χ4v) is 1.94. The molecule has 0 amide bonds. The molecule has 0 atom stereocenters. The maximum atomic E-state index is 11.6. The minimum absolute atomic E-state index is 0.138. The number of H-pyrrole nitrogens is 1. The zero-order valence-corrected chi connectivity index (χ0v) is 10.4. The van der Waals surface area contributed by atoms with Gasteiger partial charge in [0, 0.05) is 29.7 Å². The molecule has 0 aliphatic rings. The fraction of sp³-hybridized carbons (Fsp3) is 0.143. The molecule has 0 saturated carbocycles. The Hall–Kier alpha value is -2.56. The van der Waals surface area contributed by atoms with Gasteiger partial charge in [-0.3, -0.25) is 14.8 Å². The van der Waals surface area contributed by atoms with Crippen LogP contribution in [0.2, 0.25) is 0 Å². The van der Waals surface area contributed by atoms with Gasteiger partial charge in [-0.25, -0.2) is 4.98 Å². The second-order valence-electron chi connectivity index (χ2n) is 4.20. The van der Waals surface area contributed by atoms with E-state index in [9.17, 15) is 4.79 Å². The number of aromatic amines is 1. The molecule has 0 unspecified atom stereocenters. The number of nitrogens with one attached hydrogen (secondary N) is 1. The van der Waals surface area contributed by atoms with Gasteiger partial charge in [-0.2, -0.15) is 0 Å². The number of hydrogen-bond acceptors (Lipinski definition) is 4. The van der Waals surface area contributed by atoms with Crippen molar-refractivity contribution < 1.29 is 0 Å². The van der Waals surface area contributed by atoms with E-state index in [0.29, 0.717) is 5.82 Å². The highest BCUT2D eigenvalue weighted by Gasteiger charge is 2.05. The molecular weight excluding hydrogens is 240 g/mol. The summed E-state index contributed by atoms with van der Waals surface area (Å²) in [7, 11) is 0. The molecule has 2 heterocycles. The smallest absolute Gasteiger partial charge is 0.251 e. The summed E-state index contributed by atoms with van der Waals surface area (Å²) in [6.45, 7) is 1.97. The molecule has 1 aromatic carbocycles. The van der Waals surface area contributed by atoms with Crippen LogP contribution in [0.5, 0.6) is 0 Å². The third-order valence-electron chi connectivity index (χ3n) is 2.90. The molecule has 3 rings (SSSR count). The number of aromatic nitrogens is 4. The summed E-state index contributed by atoms with van der Waals surface area (Å²) in [5.41, 5.74) is 3.07. The summed E-state index contributed by atoms with van der Waals surface area (Å²) in [6.07, 6.45) is 4.02. The molecule has 5 heteroatoms. The lowest BCUT2D eigenvalue weighted by Crippen LogP contribution is -2.09. The van der Waals surface area contributed by atoms with Crippen LogP contribution in [0, 0.1) is 0 Å². The normalized spacial score (nSPS) is 10.8. The van der Waals surface area contributed by atoms with Gasteiger partial charge in [0.2, 0.25) is 0 Å². The van der Waals surface area contributed by atoms with Gasteiger partial charge in [0.25, 0.3) is 5.56 Å². The molecule has 0 radical (unpaired) electrons. The van der Waals surface area contributed by atoms with E-state index in [4.69, 9.17) is 0 Å². The SMILES string of the molecule is CCc1cc(=O)[nH]c(-c2ccc3nccnc3c2)n1. The zero-order chi connectivity index (χ0) is 13.2. The third-order valence-corrected chi connectivity index (χ3v) is 2.90. The lowest BCUT2D eigenvalue weighted by molar-refractivity contribution is 0.987. The Morgan fingerprint density at radius 3 is 2.68 bits per heavy atom. The van der Waals surface area contributed by atoms with Crippen LogP contribution in [0.4, 0.5) is 0 Å². The van der Waals surface area contributed by atoms with Crippen LogP contribution in [0.25, 0.3) is 22.4 Å². The van der Waals surface area contributed by atoms with E-state index in [2.05, 4.69) is 19.9 Å². The molecule has 0 aliphatic heterocycles. The Kier molecular flexibility index (Phi) is 2.79. The first-order chi connectivity index (χ1) is 9.26. The quantitative estimate of drug-likeness (QED) is 0.756. The number of fused-ring (bicyclic) bond motifs is 1. The number of benzene rings is 1. The molecule has 5 nitrogen and oxygen atoms in total. The Labute approximate surface area is 109 Å². The van der Waals surface area contributed by atoms with Gasteiger partial charge in [-0.15, -0.1) is 0 Å². The van der Waals surface area contributed by atoms with Crippen molar-refractivity contribution in [2.45, 2.75) is 13.3 Å². The lowest BCUT2D eigenvalue weighted by atomic mass is 10.1. The standard InChI is InChI=1S/C14H12N4O/c1-2-10-8-13(19)18-14(17-10)9-3-4-11-12(7-9)16-6-5-15-11/h3-8H,2H2,1H3,(H,17,18,19). The van der Waals surface area contributed by atoms with Crippen molar-refractivity contribution >= 4 is 11.0 Å². The highest BCUT2D eigenvalue weighted by molar-refractivity contribution is 5.79. The van der Waals surface area contributed by atoms with Crippen LogP contribution in [0.3, 0.4) is 0 Å². The van der Waals surface area contributed by atoms with Gasteiger partial charge in [-0.05, 0) is 24.6 Å². The van der Waals surface area contributed by atoms with E-state index in [1.165, 1.54) is 6.07 Å². The summed E-state index contributed by atoms with van der Waals surface area (Å²) >= 11 is 0. The van der Waals surface area contributed by atoms with Crippen molar-refractivity contribution in [2.75, 3.05) is 0 Å². The van der Waals surface area contributed by atoms with Crippen LogP contribution < -0.4 is 5.56 Å². The summed E-state index contributed by atoms with van der Waals surface area (Å²) in [6, 6.07) is 7.15. The number of hydrogen-bond donors (Lipinski definition) is 1. The summed E-state index contributed by atoms with van der Waals surface area (Å²) in [4.78, 5) is 27.2. The highest BCUT2D eigenvalue weighted by atomic mass is 16.1. The average molecular weight is 252 g/mol. The van der Waals surface area contributed by atoms with Crippen molar-refractivity contribution in [3.8, 4) is 11.4 Å². The average Bonchev–Trinajstić information content (AvgIpc) is 2.46. The predicted octanol–water partition coefficient (Wildman–Crippen LogP) is 1.94. The van der Waals surface area contributed by atoms with Crippen molar-refractivity contribution in [2.24, 2.45) is 0 Å². The number of nitrogens with zero attached hydrogens (tertiary/aromatic N) is 3. The van der Waals surface area contributed by atoms with Crippen LogP contribution in [0.15, 0.2) is 41.5 Å². The largest absolute Gasteiger partial charge is 0.307 e. The van der Waals surface area contributed by atoms with Crippen molar-refractivity contribution in [3.05, 3.63) is 52.7 Å². The van der Waals surface area contributed by atoms with Crippen molar-refractivity contribution in [1.82, 2.24) is 19.9 Å². The monoisotopic (exact) mass is 252 g/mol. The first-order valence-corrected chi connectivity index (χ1v) is 6.07. The van der Waals surface area contributed by atoms with E-state index in [0.717, 1.165) is 28.7 Å². The molecule has 2 aromatic heterocycles. The molecule has 0 bridgehead atoms. The predicted molar refractivity (Wildman–Crippen MR) is 72.8 cm³/mol. The molecule has 3 aromatic rings. The van der Waals surface area contributed by atoms with Crippen molar-refractivity contribution in [3.63, 3.8) is 0 Å². The fourth-order valence-electron chi connectivity index (χ4n) is 1.94. The maximum Gasteiger partial charge on any atom is 0.251 e. The maximum absolute atomic E-state index is 11.6. The topological polar surface area (TPSA) is 71.5 Å². The number of aryl methyl sites for hydroxylation is 1. The summed E-state index contributed by atoms with van der Waals surface area (Å²) < 4.78 is 0. The lowest BCUT2D eigenvalue weighted by Gasteiger charge is -2.04. The van der Waals surface area contributed by atoms with E-state index in [1.54, 1.807) is 12.4 Å². The Bertz CT molecular complexity index is 795. The van der Waals surface area contributed by atoms with Gasteiger partial charge in [0.1, 0.15) is 5.82 Å². The Morgan fingerprint density at radius 2 is 1.89 bits per heavy atom. The Balaban J connectivity index is 2.18. The first-order valence-electron chi connectivity index (χ1n) is 6.07. The van der Waals surface area contributed by atoms with Crippen LogP contribution in [-0.2, 0) is 6.42 Å². The molecular formula is C14H12N4O. The zero-order valence-electron chi connectivity index (χ0n) is 10.4. The Morgan fingerprint density at radius 1 is 1.11 bits per heavy atom. The van der Waals surface area contributed by atoms with Crippen LogP contribution >= 0.6 is 0 Å². The van der Waals surface area contributed by atoms with Crippen LogP contribution in [-0.4, -0.2) is 19.9 Å². The third kappa shape index (κ3) is 2.22. The minimum atomic E-state index is -0.138. The molecule has 0 saturated heterocycles. The van der Waals surface area contributed by atoms with E-state index in [1.807, 2.05) is 25.1 Å². The van der Waals surface area contributed by atoms with E-state index >= 15 is 0 Å². The van der Waals surface area contributed by atoms with Gasteiger partial charge < -0.3 is 4.98 Å². The second kappa shape index (κ2) is 4.61. The highest BCUT2D eigenvalue weighted by Crippen LogP contribution is 2.18.